The standard InChI is InChI=1S/C16H19ClO3S/c1-2-10-21(18,19)11-9-20-16-8-7-13-5-3-4-6-14(13)15(16)12-17/h3-8H,2,9-12H2,1H3. The van der Waals surface area contributed by atoms with Gasteiger partial charge in [-0.25, -0.2) is 8.42 Å². The van der Waals surface area contributed by atoms with Gasteiger partial charge in [-0.3, -0.25) is 0 Å². The van der Waals surface area contributed by atoms with Gasteiger partial charge in [-0.05, 0) is 23.3 Å². The van der Waals surface area contributed by atoms with Crippen LogP contribution in [-0.2, 0) is 15.7 Å². The number of hydrogen-bond acceptors (Lipinski definition) is 3. The van der Waals surface area contributed by atoms with Crippen LogP contribution in [0.2, 0.25) is 0 Å². The summed E-state index contributed by atoms with van der Waals surface area (Å²) in [6.45, 7) is 2.01. The van der Waals surface area contributed by atoms with Crippen LogP contribution in [0, 0.1) is 0 Å². The van der Waals surface area contributed by atoms with Crippen LogP contribution in [-0.4, -0.2) is 26.5 Å². The molecule has 0 bridgehead atoms. The van der Waals surface area contributed by atoms with E-state index in [1.54, 1.807) is 0 Å². The molecule has 0 saturated carbocycles. The number of halogens is 1. The summed E-state index contributed by atoms with van der Waals surface area (Å²) in [7, 11) is -3.02. The van der Waals surface area contributed by atoms with Crippen LogP contribution in [0.4, 0.5) is 0 Å². The minimum absolute atomic E-state index is 0.0371. The summed E-state index contributed by atoms with van der Waals surface area (Å²) < 4.78 is 29.0. The van der Waals surface area contributed by atoms with Crippen molar-refractivity contribution in [3.05, 3.63) is 42.0 Å². The molecule has 0 unspecified atom stereocenters. The number of ether oxygens (including phenoxy) is 1. The zero-order chi connectivity index (χ0) is 15.3. The molecule has 21 heavy (non-hydrogen) atoms. The first-order valence-electron chi connectivity index (χ1n) is 6.97. The lowest BCUT2D eigenvalue weighted by Gasteiger charge is -2.12. The summed E-state index contributed by atoms with van der Waals surface area (Å²) in [5.74, 6) is 1.24. The Morgan fingerprint density at radius 3 is 2.57 bits per heavy atom. The molecule has 114 valence electrons. The molecule has 0 amide bonds. The van der Waals surface area contributed by atoms with E-state index in [2.05, 4.69) is 0 Å². The summed E-state index contributed by atoms with van der Waals surface area (Å²) in [6, 6.07) is 11.7. The van der Waals surface area contributed by atoms with Crippen molar-refractivity contribution in [3.8, 4) is 5.75 Å². The summed E-state index contributed by atoms with van der Waals surface area (Å²) >= 11 is 6.03. The lowest BCUT2D eigenvalue weighted by atomic mass is 10.0. The van der Waals surface area contributed by atoms with Gasteiger partial charge in [0.15, 0.2) is 9.84 Å². The second kappa shape index (κ2) is 7.14. The number of hydrogen-bond donors (Lipinski definition) is 0. The SMILES string of the molecule is CCCS(=O)(=O)CCOc1ccc2ccccc2c1CCl. The molecule has 0 fully saturated rings. The molecule has 2 rings (SSSR count). The topological polar surface area (TPSA) is 43.4 Å². The van der Waals surface area contributed by atoms with E-state index >= 15 is 0 Å². The Kier molecular flexibility index (Phi) is 5.48. The summed E-state index contributed by atoms with van der Waals surface area (Å²) in [6.07, 6.45) is 0.630. The average molecular weight is 327 g/mol. The molecule has 0 saturated heterocycles. The van der Waals surface area contributed by atoms with E-state index in [4.69, 9.17) is 16.3 Å². The first-order valence-corrected chi connectivity index (χ1v) is 9.33. The molecule has 0 aromatic heterocycles. The van der Waals surface area contributed by atoms with Crippen molar-refractivity contribution in [1.82, 2.24) is 0 Å². The largest absolute Gasteiger partial charge is 0.492 e. The zero-order valence-electron chi connectivity index (χ0n) is 12.0. The summed E-state index contributed by atoms with van der Waals surface area (Å²) in [5.41, 5.74) is 0.905. The van der Waals surface area contributed by atoms with E-state index in [-0.39, 0.29) is 18.1 Å². The maximum atomic E-state index is 11.7. The minimum Gasteiger partial charge on any atom is -0.492 e. The van der Waals surface area contributed by atoms with Crippen LogP contribution < -0.4 is 4.74 Å². The Morgan fingerprint density at radius 2 is 1.86 bits per heavy atom. The van der Waals surface area contributed by atoms with Crippen LogP contribution >= 0.6 is 11.6 Å². The lowest BCUT2D eigenvalue weighted by molar-refractivity contribution is 0.339. The summed E-state index contributed by atoms with van der Waals surface area (Å²) in [5, 5.41) is 2.14. The quantitative estimate of drug-likeness (QED) is 0.727. The Morgan fingerprint density at radius 1 is 1.10 bits per heavy atom. The predicted molar refractivity (Wildman–Crippen MR) is 87.9 cm³/mol. The second-order valence-electron chi connectivity index (χ2n) is 4.90. The third-order valence-electron chi connectivity index (χ3n) is 3.30. The fraction of sp³-hybridized carbons (Fsp3) is 0.375. The van der Waals surface area contributed by atoms with E-state index in [1.807, 2.05) is 43.3 Å². The highest BCUT2D eigenvalue weighted by atomic mass is 35.5. The van der Waals surface area contributed by atoms with Gasteiger partial charge < -0.3 is 4.74 Å². The van der Waals surface area contributed by atoms with E-state index in [0.29, 0.717) is 18.1 Å². The number of alkyl halides is 1. The van der Waals surface area contributed by atoms with Crippen molar-refractivity contribution in [2.45, 2.75) is 19.2 Å². The lowest BCUT2D eigenvalue weighted by Crippen LogP contribution is -2.17. The normalized spacial score (nSPS) is 11.7. The highest BCUT2D eigenvalue weighted by Crippen LogP contribution is 2.29. The molecule has 0 aliphatic rings. The Hall–Kier alpha value is -1.26. The number of sulfone groups is 1. The Labute approximate surface area is 130 Å². The van der Waals surface area contributed by atoms with Gasteiger partial charge in [0.2, 0.25) is 0 Å². The van der Waals surface area contributed by atoms with Crippen molar-refractivity contribution < 1.29 is 13.2 Å². The Bertz CT molecular complexity index is 711. The van der Waals surface area contributed by atoms with Crippen molar-refractivity contribution in [2.75, 3.05) is 18.1 Å². The van der Waals surface area contributed by atoms with Gasteiger partial charge in [0.05, 0.1) is 17.4 Å². The highest BCUT2D eigenvalue weighted by Gasteiger charge is 2.12. The van der Waals surface area contributed by atoms with Gasteiger partial charge in [-0.2, -0.15) is 0 Å². The second-order valence-corrected chi connectivity index (χ2v) is 7.47. The molecule has 0 spiro atoms. The average Bonchev–Trinajstić information content (AvgIpc) is 2.46. The van der Waals surface area contributed by atoms with Gasteiger partial charge >= 0.3 is 0 Å². The van der Waals surface area contributed by atoms with Gasteiger partial charge in [-0.1, -0.05) is 37.3 Å². The maximum Gasteiger partial charge on any atom is 0.153 e. The Balaban J connectivity index is 2.15. The first-order chi connectivity index (χ1) is 10.1. The molecular formula is C16H19ClO3S. The van der Waals surface area contributed by atoms with Crippen LogP contribution in [0.25, 0.3) is 10.8 Å². The molecule has 0 heterocycles. The number of fused-ring (bicyclic) bond motifs is 1. The molecule has 0 N–H and O–H groups in total. The smallest absolute Gasteiger partial charge is 0.153 e. The maximum absolute atomic E-state index is 11.7. The third-order valence-corrected chi connectivity index (χ3v) is 5.38. The molecular weight excluding hydrogens is 308 g/mol. The van der Waals surface area contributed by atoms with Crippen molar-refractivity contribution in [2.24, 2.45) is 0 Å². The van der Waals surface area contributed by atoms with Gasteiger partial charge in [0, 0.05) is 5.56 Å². The van der Waals surface area contributed by atoms with E-state index in [9.17, 15) is 8.42 Å². The minimum atomic E-state index is -3.02. The molecule has 0 atom stereocenters. The molecule has 0 aliphatic carbocycles. The fourth-order valence-electron chi connectivity index (χ4n) is 2.28. The van der Waals surface area contributed by atoms with Gasteiger partial charge in [0.25, 0.3) is 0 Å². The van der Waals surface area contributed by atoms with Crippen molar-refractivity contribution >= 4 is 32.2 Å². The van der Waals surface area contributed by atoms with Crippen LogP contribution in [0.15, 0.2) is 36.4 Å². The van der Waals surface area contributed by atoms with Crippen LogP contribution in [0.3, 0.4) is 0 Å². The van der Waals surface area contributed by atoms with Crippen LogP contribution in [0.1, 0.15) is 18.9 Å². The summed E-state index contributed by atoms with van der Waals surface area (Å²) in [4.78, 5) is 0. The van der Waals surface area contributed by atoms with E-state index < -0.39 is 9.84 Å². The van der Waals surface area contributed by atoms with Gasteiger partial charge in [-0.15, -0.1) is 11.6 Å². The monoisotopic (exact) mass is 326 g/mol. The van der Waals surface area contributed by atoms with Crippen molar-refractivity contribution in [1.29, 1.82) is 0 Å². The van der Waals surface area contributed by atoms with E-state index in [1.165, 1.54) is 0 Å². The molecule has 5 heteroatoms. The number of benzene rings is 2. The number of rotatable bonds is 7. The first kappa shape index (κ1) is 16.1. The molecule has 0 radical (unpaired) electrons. The zero-order valence-corrected chi connectivity index (χ0v) is 13.6. The molecule has 2 aromatic carbocycles. The predicted octanol–water partition coefficient (Wildman–Crippen LogP) is 3.78. The molecule has 2 aromatic rings. The third kappa shape index (κ3) is 4.11. The molecule has 3 nitrogen and oxygen atoms in total. The van der Waals surface area contributed by atoms with E-state index in [0.717, 1.165) is 16.3 Å². The van der Waals surface area contributed by atoms with Crippen molar-refractivity contribution in [3.63, 3.8) is 0 Å². The fourth-order valence-corrected chi connectivity index (χ4v) is 3.72. The van der Waals surface area contributed by atoms with Gasteiger partial charge in [0.1, 0.15) is 12.4 Å². The van der Waals surface area contributed by atoms with Crippen LogP contribution in [0.5, 0.6) is 5.75 Å². The highest BCUT2D eigenvalue weighted by molar-refractivity contribution is 7.91. The molecule has 0 aliphatic heterocycles.